The minimum Gasteiger partial charge on any atom is -0.474 e. The molecule has 0 heterocycles. The summed E-state index contributed by atoms with van der Waals surface area (Å²) >= 11 is 0. The smallest absolute Gasteiger partial charge is 0.396 e. The lowest BCUT2D eigenvalue weighted by Crippen LogP contribution is -2.52. The molecule has 4 aliphatic carbocycles. The van der Waals surface area contributed by atoms with Gasteiger partial charge in [-0.05, 0) is 80.5 Å². The molecule has 6 atom stereocenters. The van der Waals surface area contributed by atoms with Gasteiger partial charge in [0.05, 0.1) is 0 Å². The molecule has 5 heteroatoms. The highest BCUT2D eigenvalue weighted by Gasteiger charge is 2.58. The average Bonchev–Trinajstić information content (AvgIpc) is 2.95. The summed E-state index contributed by atoms with van der Waals surface area (Å²) in [5, 5.41) is 13.0. The summed E-state index contributed by atoms with van der Waals surface area (Å²) in [4.78, 5) is 22.1. The van der Waals surface area contributed by atoms with Gasteiger partial charge in [-0.25, -0.2) is 10.2 Å². The number of carbonyl (C=O) groups excluding carboxylic acids is 1. The van der Waals surface area contributed by atoms with Gasteiger partial charge in [-0.1, -0.05) is 26.7 Å². The number of hydrazone groups is 1. The molecule has 0 saturated heterocycles. The summed E-state index contributed by atoms with van der Waals surface area (Å²) in [5.74, 6) is 0.672. The molecule has 0 bridgehead atoms. The highest BCUT2D eigenvalue weighted by atomic mass is 16.4. The third-order valence-corrected chi connectivity index (χ3v) is 8.81. The fourth-order valence-electron chi connectivity index (χ4n) is 7.43. The molecule has 0 aromatic carbocycles. The molecule has 0 aliphatic heterocycles. The van der Waals surface area contributed by atoms with E-state index < -0.39 is 11.9 Å². The Balaban J connectivity index is 1.55. The van der Waals surface area contributed by atoms with Crippen LogP contribution in [0.5, 0.6) is 0 Å². The van der Waals surface area contributed by atoms with Crippen molar-refractivity contribution in [3.05, 3.63) is 0 Å². The first-order valence-corrected chi connectivity index (χ1v) is 10.5. The first-order valence-electron chi connectivity index (χ1n) is 10.5. The van der Waals surface area contributed by atoms with Crippen molar-refractivity contribution >= 4 is 17.6 Å². The van der Waals surface area contributed by atoms with Crippen LogP contribution in [0.3, 0.4) is 0 Å². The Morgan fingerprint density at radius 3 is 2.62 bits per heavy atom. The van der Waals surface area contributed by atoms with Crippen molar-refractivity contribution in [2.75, 3.05) is 0 Å². The molecule has 26 heavy (non-hydrogen) atoms. The maximum Gasteiger partial charge on any atom is 0.396 e. The Morgan fingerprint density at radius 2 is 1.85 bits per heavy atom. The van der Waals surface area contributed by atoms with Gasteiger partial charge in [0, 0.05) is 11.1 Å². The van der Waals surface area contributed by atoms with Crippen LogP contribution >= 0.6 is 0 Å². The monoisotopic (exact) mass is 360 g/mol. The van der Waals surface area contributed by atoms with Crippen molar-refractivity contribution in [2.45, 2.75) is 78.1 Å². The topological polar surface area (TPSA) is 78.8 Å². The van der Waals surface area contributed by atoms with E-state index in [2.05, 4.69) is 24.4 Å². The molecule has 4 rings (SSSR count). The van der Waals surface area contributed by atoms with E-state index in [1.54, 1.807) is 0 Å². The number of carboxylic acid groups (broad SMARTS) is 1. The summed E-state index contributed by atoms with van der Waals surface area (Å²) in [6.45, 7) is 4.88. The fraction of sp³-hybridized carbons (Fsp3) is 0.857. The molecule has 0 spiro atoms. The Labute approximate surface area is 156 Å². The minimum atomic E-state index is -1.47. The van der Waals surface area contributed by atoms with Gasteiger partial charge in [0.1, 0.15) is 0 Å². The molecule has 1 amide bonds. The van der Waals surface area contributed by atoms with Crippen molar-refractivity contribution in [1.29, 1.82) is 0 Å². The number of hydrogen-bond donors (Lipinski definition) is 2. The number of nitrogens with zero attached hydrogens (tertiary/aromatic N) is 1. The van der Waals surface area contributed by atoms with Gasteiger partial charge in [0.2, 0.25) is 0 Å². The van der Waals surface area contributed by atoms with Crippen LogP contribution in [-0.2, 0) is 9.59 Å². The predicted octanol–water partition coefficient (Wildman–Crippen LogP) is 3.98. The van der Waals surface area contributed by atoms with Gasteiger partial charge in [0.25, 0.3) is 0 Å². The number of rotatable bonds is 1. The molecule has 2 N–H and O–H groups in total. The molecule has 0 radical (unpaired) electrons. The third kappa shape index (κ3) is 2.61. The Hall–Kier alpha value is -1.39. The molecule has 0 aromatic heterocycles. The van der Waals surface area contributed by atoms with E-state index in [-0.39, 0.29) is 5.41 Å². The van der Waals surface area contributed by atoms with Crippen LogP contribution in [0, 0.1) is 34.5 Å². The molecular formula is C21H32N2O3. The lowest BCUT2D eigenvalue weighted by Gasteiger charge is -2.59. The van der Waals surface area contributed by atoms with E-state index in [1.807, 2.05) is 0 Å². The van der Waals surface area contributed by atoms with Crippen LogP contribution in [0.15, 0.2) is 5.10 Å². The van der Waals surface area contributed by atoms with Gasteiger partial charge in [-0.3, -0.25) is 4.79 Å². The van der Waals surface area contributed by atoms with E-state index in [4.69, 9.17) is 5.11 Å². The molecule has 0 unspecified atom stereocenters. The SMILES string of the molecule is C[C@]12CCCC[C@@H]1CC[C@H]1[C@H]2CC[C@]2(C)/C(=N\NC(=O)C(=O)O)CC[C@@H]12. The largest absolute Gasteiger partial charge is 0.474 e. The van der Waals surface area contributed by atoms with Crippen LogP contribution < -0.4 is 5.43 Å². The number of fused-ring (bicyclic) bond motifs is 5. The molecule has 5 nitrogen and oxygen atoms in total. The standard InChI is InChI=1S/C21H32N2O3/c1-20-11-4-3-5-13(20)6-7-14-15-8-9-17(22-23-18(24)19(25)26)21(15,2)12-10-16(14)20/h13-16H,3-12H2,1-2H3,(H,23,24)(H,25,26)/b22-17-/t13-,14-,15+,16-,20+,21+/m1/s1. The molecular weight excluding hydrogens is 328 g/mol. The number of aliphatic carboxylic acids is 1. The predicted molar refractivity (Wildman–Crippen MR) is 99.6 cm³/mol. The van der Waals surface area contributed by atoms with Gasteiger partial charge in [-0.2, -0.15) is 5.10 Å². The van der Waals surface area contributed by atoms with Crippen molar-refractivity contribution in [3.8, 4) is 0 Å². The van der Waals surface area contributed by atoms with E-state index in [0.717, 1.165) is 42.7 Å². The van der Waals surface area contributed by atoms with Crippen LogP contribution in [-0.4, -0.2) is 22.7 Å². The second-order valence-corrected chi connectivity index (χ2v) is 9.70. The van der Waals surface area contributed by atoms with Crippen LogP contribution in [0.1, 0.15) is 78.1 Å². The zero-order valence-electron chi connectivity index (χ0n) is 16.1. The molecule has 144 valence electrons. The zero-order valence-corrected chi connectivity index (χ0v) is 16.1. The van der Waals surface area contributed by atoms with Crippen molar-refractivity contribution in [3.63, 3.8) is 0 Å². The first-order chi connectivity index (χ1) is 12.4. The average molecular weight is 360 g/mol. The van der Waals surface area contributed by atoms with E-state index in [9.17, 15) is 9.59 Å². The fourth-order valence-corrected chi connectivity index (χ4v) is 7.43. The Kier molecular flexibility index (Phi) is 4.39. The van der Waals surface area contributed by atoms with Crippen LogP contribution in [0.2, 0.25) is 0 Å². The minimum absolute atomic E-state index is 0.0326. The molecule has 4 fully saturated rings. The van der Waals surface area contributed by atoms with Gasteiger partial charge in [-0.15, -0.1) is 0 Å². The highest BCUT2D eigenvalue weighted by molar-refractivity contribution is 6.31. The summed E-state index contributed by atoms with van der Waals surface area (Å²) in [5.41, 5.74) is 3.84. The summed E-state index contributed by atoms with van der Waals surface area (Å²) in [7, 11) is 0. The second-order valence-electron chi connectivity index (χ2n) is 9.70. The lowest BCUT2D eigenvalue weighted by atomic mass is 9.45. The Morgan fingerprint density at radius 1 is 1.04 bits per heavy atom. The van der Waals surface area contributed by atoms with Crippen molar-refractivity contribution in [1.82, 2.24) is 5.43 Å². The van der Waals surface area contributed by atoms with Gasteiger partial charge < -0.3 is 5.11 Å². The Bertz CT molecular complexity index is 645. The van der Waals surface area contributed by atoms with Gasteiger partial charge >= 0.3 is 11.9 Å². The summed E-state index contributed by atoms with van der Waals surface area (Å²) < 4.78 is 0. The number of carbonyl (C=O) groups is 2. The summed E-state index contributed by atoms with van der Waals surface area (Å²) in [6.07, 6.45) is 12.8. The van der Waals surface area contributed by atoms with E-state index in [1.165, 1.54) is 44.9 Å². The number of nitrogens with one attached hydrogen (secondary N) is 1. The number of carboxylic acids is 1. The number of hydrogen-bond acceptors (Lipinski definition) is 3. The van der Waals surface area contributed by atoms with Crippen LogP contribution in [0.4, 0.5) is 0 Å². The highest BCUT2D eigenvalue weighted by Crippen LogP contribution is 2.65. The van der Waals surface area contributed by atoms with E-state index in [0.29, 0.717) is 11.3 Å². The second kappa shape index (κ2) is 6.35. The normalized spacial score (nSPS) is 46.2. The van der Waals surface area contributed by atoms with Crippen molar-refractivity contribution < 1.29 is 14.7 Å². The van der Waals surface area contributed by atoms with Gasteiger partial charge in [0.15, 0.2) is 0 Å². The maximum absolute atomic E-state index is 11.4. The first kappa shape index (κ1) is 18.0. The van der Waals surface area contributed by atoms with Crippen LogP contribution in [0.25, 0.3) is 0 Å². The zero-order chi connectivity index (χ0) is 18.5. The summed E-state index contributed by atoms with van der Waals surface area (Å²) in [6, 6.07) is 0. The lowest BCUT2D eigenvalue weighted by molar-refractivity contribution is -0.150. The van der Waals surface area contributed by atoms with Crippen molar-refractivity contribution in [2.24, 2.45) is 39.6 Å². The quantitative estimate of drug-likeness (QED) is 0.548. The molecule has 0 aromatic rings. The number of amides is 1. The molecule has 4 saturated carbocycles. The third-order valence-electron chi connectivity index (χ3n) is 8.81. The maximum atomic E-state index is 11.4. The molecule has 4 aliphatic rings. The van der Waals surface area contributed by atoms with E-state index >= 15 is 0 Å².